The number of rotatable bonds is 20. The largest absolute Gasteiger partial charge is 0.480 e. The Morgan fingerprint density at radius 2 is 1.75 bits per heavy atom. The maximum absolute atomic E-state index is 15.3. The first-order valence-corrected chi connectivity index (χ1v) is 18.7. The van der Waals surface area contributed by atoms with Gasteiger partial charge in [0.15, 0.2) is 11.5 Å². The molecule has 2 heterocycles. The minimum atomic E-state index is -1.98. The van der Waals surface area contributed by atoms with Crippen molar-refractivity contribution in [1.82, 2.24) is 20.4 Å². The molecule has 3 N–H and O–H groups in total. The maximum atomic E-state index is 15.3. The van der Waals surface area contributed by atoms with E-state index in [2.05, 4.69) is 10.6 Å². The molecular formula is C39H61FN4O8. The Morgan fingerprint density at radius 1 is 1.08 bits per heavy atom. The number of nitrogens with zero attached hydrogens (tertiary/aromatic N) is 2. The van der Waals surface area contributed by atoms with Crippen molar-refractivity contribution >= 4 is 29.5 Å². The molecule has 2 aliphatic heterocycles. The van der Waals surface area contributed by atoms with Crippen molar-refractivity contribution in [2.24, 2.45) is 23.7 Å². The van der Waals surface area contributed by atoms with Gasteiger partial charge in [0.05, 0.1) is 36.6 Å². The van der Waals surface area contributed by atoms with Gasteiger partial charge >= 0.3 is 5.97 Å². The third kappa shape index (κ3) is 10.6. The van der Waals surface area contributed by atoms with Crippen molar-refractivity contribution in [3.63, 3.8) is 0 Å². The van der Waals surface area contributed by atoms with Crippen molar-refractivity contribution in [3.8, 4) is 0 Å². The number of nitrogens with one attached hydrogen (secondary N) is 2. The van der Waals surface area contributed by atoms with Gasteiger partial charge in [-0.3, -0.25) is 19.2 Å². The number of halogens is 1. The highest BCUT2D eigenvalue weighted by molar-refractivity contribution is 5.92. The highest BCUT2D eigenvalue weighted by Crippen LogP contribution is 2.32. The number of carboxylic acid groups (broad SMARTS) is 1. The number of likely N-dealkylation sites (tertiary alicyclic amines) is 1. The van der Waals surface area contributed by atoms with Crippen LogP contribution in [-0.4, -0.2) is 121 Å². The number of carboxylic acids is 1. The average Bonchev–Trinajstić information content (AvgIpc) is 3.80. The first-order chi connectivity index (χ1) is 24.6. The summed E-state index contributed by atoms with van der Waals surface area (Å²) in [4.78, 5) is 70.1. The number of ketones is 1. The van der Waals surface area contributed by atoms with Crippen molar-refractivity contribution in [1.29, 1.82) is 0 Å². The number of methoxy groups -OCH3 is 2. The lowest BCUT2D eigenvalue weighted by Crippen LogP contribution is -2.55. The zero-order chi connectivity index (χ0) is 38.7. The van der Waals surface area contributed by atoms with Gasteiger partial charge in [-0.2, -0.15) is 0 Å². The number of ether oxygens (including phenoxy) is 2. The minimum Gasteiger partial charge on any atom is -0.480 e. The lowest BCUT2D eigenvalue weighted by atomic mass is 9.83. The number of hydrogen-bond acceptors (Lipinski definition) is 8. The van der Waals surface area contributed by atoms with E-state index in [9.17, 15) is 29.1 Å². The Labute approximate surface area is 308 Å². The molecule has 0 bridgehead atoms. The normalized spacial score (nSPS) is 23.0. The Balaban J connectivity index is 1.76. The van der Waals surface area contributed by atoms with Gasteiger partial charge in [0.2, 0.25) is 17.7 Å². The summed E-state index contributed by atoms with van der Waals surface area (Å²) in [5, 5.41) is 15.4. The molecule has 0 saturated carbocycles. The van der Waals surface area contributed by atoms with Gasteiger partial charge in [-0.25, -0.2) is 9.18 Å². The highest BCUT2D eigenvalue weighted by Gasteiger charge is 2.46. The van der Waals surface area contributed by atoms with Gasteiger partial charge in [-0.1, -0.05) is 71.4 Å². The summed E-state index contributed by atoms with van der Waals surface area (Å²) in [6.07, 6.45) is 0.539. The molecule has 1 aromatic carbocycles. The van der Waals surface area contributed by atoms with E-state index in [1.807, 2.05) is 45.9 Å². The predicted octanol–water partition coefficient (Wildman–Crippen LogP) is 3.65. The molecule has 292 valence electrons. The third-order valence-corrected chi connectivity index (χ3v) is 11.3. The number of benzene rings is 1. The first kappa shape index (κ1) is 43.0. The van der Waals surface area contributed by atoms with Crippen LogP contribution in [0, 0.1) is 23.7 Å². The fourth-order valence-corrected chi connectivity index (χ4v) is 7.81. The summed E-state index contributed by atoms with van der Waals surface area (Å²) >= 11 is 0. The van der Waals surface area contributed by atoms with Crippen LogP contribution in [0.5, 0.6) is 0 Å². The second-order valence-corrected chi connectivity index (χ2v) is 15.0. The summed E-state index contributed by atoms with van der Waals surface area (Å²) in [5.41, 5.74) is -1.20. The number of carbonyl (C=O) groups excluding carboxylic acids is 4. The first-order valence-electron chi connectivity index (χ1n) is 18.7. The van der Waals surface area contributed by atoms with Crippen molar-refractivity contribution in [3.05, 3.63) is 35.9 Å². The molecule has 3 amide bonds. The molecule has 0 radical (unpaired) electrons. The quantitative estimate of drug-likeness (QED) is 0.182. The number of carbonyl (C=O) groups is 5. The van der Waals surface area contributed by atoms with Crippen LogP contribution in [0.2, 0.25) is 0 Å². The zero-order valence-electron chi connectivity index (χ0n) is 32.2. The number of alkyl halides is 1. The van der Waals surface area contributed by atoms with Gasteiger partial charge in [0.25, 0.3) is 0 Å². The van der Waals surface area contributed by atoms with Crippen LogP contribution >= 0.6 is 0 Å². The number of amides is 3. The van der Waals surface area contributed by atoms with Gasteiger partial charge in [0, 0.05) is 59.5 Å². The summed E-state index contributed by atoms with van der Waals surface area (Å²) in [7, 11) is 4.66. The minimum absolute atomic E-state index is 0.0423. The van der Waals surface area contributed by atoms with Crippen LogP contribution in [0.4, 0.5) is 4.39 Å². The summed E-state index contributed by atoms with van der Waals surface area (Å²) < 4.78 is 27.1. The fourth-order valence-electron chi connectivity index (χ4n) is 7.81. The van der Waals surface area contributed by atoms with Crippen LogP contribution in [0.1, 0.15) is 78.7 Å². The van der Waals surface area contributed by atoms with Gasteiger partial charge in [-0.05, 0) is 36.8 Å². The third-order valence-electron chi connectivity index (χ3n) is 11.3. The van der Waals surface area contributed by atoms with Crippen LogP contribution in [0.25, 0.3) is 0 Å². The lowest BCUT2D eigenvalue weighted by molar-refractivity contribution is -0.150. The van der Waals surface area contributed by atoms with Crippen molar-refractivity contribution < 1.29 is 42.9 Å². The molecule has 0 aromatic heterocycles. The predicted molar refractivity (Wildman–Crippen MR) is 195 cm³/mol. The standard InChI is InChI=1S/C39H61FN4O8/c1-9-25(4)34(43(6)37(48)28(24(2)3)21-32(45)39(40)17-18-41-23-39)31(51-7)22-33(46)44-19-13-16-30(44)35(52-8)26(5)36(47)42-29(38(49)50)20-27-14-11-10-12-15-27/h10-12,14-15,24-26,28-31,34-35,41H,9,13,16-23H2,1-8H3,(H,42,47)(H,49,50)/t25-,26+,28-,29-,30-,31+,34-,35+,39+/m0/s1. The molecule has 1 aromatic rings. The molecule has 9 atom stereocenters. The molecule has 52 heavy (non-hydrogen) atoms. The summed E-state index contributed by atoms with van der Waals surface area (Å²) in [6.45, 7) is 10.2. The monoisotopic (exact) mass is 732 g/mol. The van der Waals surface area contributed by atoms with E-state index < -0.39 is 65.5 Å². The second-order valence-electron chi connectivity index (χ2n) is 15.0. The van der Waals surface area contributed by atoms with E-state index in [-0.39, 0.29) is 55.9 Å². The van der Waals surface area contributed by atoms with E-state index in [0.717, 1.165) is 5.56 Å². The van der Waals surface area contributed by atoms with Crippen molar-refractivity contribution in [2.75, 3.05) is 40.9 Å². The molecule has 0 spiro atoms. The summed E-state index contributed by atoms with van der Waals surface area (Å²) in [5.74, 6) is -4.51. The molecule has 2 fully saturated rings. The molecule has 2 saturated heterocycles. The van der Waals surface area contributed by atoms with E-state index in [0.29, 0.717) is 32.4 Å². The Bertz CT molecular complexity index is 1360. The Morgan fingerprint density at radius 3 is 2.29 bits per heavy atom. The van der Waals surface area contributed by atoms with E-state index in [4.69, 9.17) is 9.47 Å². The van der Waals surface area contributed by atoms with Crippen LogP contribution in [0.3, 0.4) is 0 Å². The summed E-state index contributed by atoms with van der Waals surface area (Å²) in [6, 6.07) is 6.96. The van der Waals surface area contributed by atoms with Crippen LogP contribution in [0.15, 0.2) is 30.3 Å². The maximum Gasteiger partial charge on any atom is 0.326 e. The SMILES string of the molecule is CC[C@H](C)[C@@H]([C@@H](CC(=O)N1CCC[C@H]1[C@H](OC)[C@@H](C)C(=O)N[C@@H](Cc1ccccc1)C(=O)O)OC)N(C)C(=O)[C@@H](CC(=O)[C@@]1(F)CCNC1)C(C)C. The van der Waals surface area contributed by atoms with E-state index >= 15 is 4.39 Å². The zero-order valence-corrected chi connectivity index (χ0v) is 32.2. The van der Waals surface area contributed by atoms with Crippen LogP contribution < -0.4 is 10.6 Å². The molecule has 0 unspecified atom stereocenters. The number of hydrogen-bond donors (Lipinski definition) is 3. The number of Topliss-reactive ketones (excluding diaryl/α,β-unsaturated/α-hetero) is 1. The van der Waals surface area contributed by atoms with Crippen molar-refractivity contribution in [2.45, 2.75) is 116 Å². The molecule has 2 aliphatic rings. The van der Waals surface area contributed by atoms with Gasteiger partial charge in [-0.15, -0.1) is 0 Å². The molecular weight excluding hydrogens is 671 g/mol. The molecule has 3 rings (SSSR count). The van der Waals surface area contributed by atoms with E-state index in [1.54, 1.807) is 35.9 Å². The fraction of sp³-hybridized carbons (Fsp3) is 0.718. The smallest absolute Gasteiger partial charge is 0.326 e. The highest BCUT2D eigenvalue weighted by atomic mass is 19.1. The average molecular weight is 733 g/mol. The molecule has 12 nitrogen and oxygen atoms in total. The second kappa shape index (κ2) is 19.6. The Hall–Kier alpha value is -3.42. The molecule has 0 aliphatic carbocycles. The lowest BCUT2D eigenvalue weighted by Gasteiger charge is -2.41. The van der Waals surface area contributed by atoms with Crippen LogP contribution in [-0.2, 0) is 39.9 Å². The number of aliphatic carboxylic acids is 1. The topological polar surface area (TPSA) is 155 Å². The van der Waals surface area contributed by atoms with Gasteiger partial charge in [0.1, 0.15) is 6.04 Å². The van der Waals surface area contributed by atoms with E-state index in [1.165, 1.54) is 14.2 Å². The number of likely N-dealkylation sites (N-methyl/N-ethyl adjacent to an activating group) is 1. The van der Waals surface area contributed by atoms with Gasteiger partial charge < -0.3 is 35.0 Å². The Kier molecular flexibility index (Phi) is 16.2. The molecule has 13 heteroatoms.